The van der Waals surface area contributed by atoms with Crippen molar-refractivity contribution in [3.05, 3.63) is 82.8 Å². The van der Waals surface area contributed by atoms with Gasteiger partial charge in [-0.05, 0) is 42.8 Å². The molecule has 0 saturated carbocycles. The van der Waals surface area contributed by atoms with Crippen molar-refractivity contribution in [2.45, 2.75) is 17.7 Å². The number of likely N-dealkylation sites (tertiary alicyclic amines) is 1. The molecule has 0 unspecified atom stereocenters. The van der Waals surface area contributed by atoms with E-state index in [4.69, 9.17) is 0 Å². The van der Waals surface area contributed by atoms with Crippen molar-refractivity contribution >= 4 is 27.5 Å². The van der Waals surface area contributed by atoms with Gasteiger partial charge in [0.25, 0.3) is 21.5 Å². The first-order valence-corrected chi connectivity index (χ1v) is 11.4. The van der Waals surface area contributed by atoms with Crippen LogP contribution in [-0.2, 0) is 10.0 Å². The first kappa shape index (κ1) is 21.4. The van der Waals surface area contributed by atoms with E-state index in [1.54, 1.807) is 37.4 Å². The van der Waals surface area contributed by atoms with Crippen LogP contribution < -0.4 is 10.9 Å². The quantitative estimate of drug-likeness (QED) is 0.637. The van der Waals surface area contributed by atoms with Crippen molar-refractivity contribution in [1.82, 2.24) is 14.7 Å². The number of rotatable bonds is 5. The fraction of sp³-hybridized carbons (Fsp3) is 0.182. The summed E-state index contributed by atoms with van der Waals surface area (Å²) < 4.78 is 30.5. The largest absolute Gasteiger partial charge is 0.362 e. The number of amidine groups is 1. The molecule has 1 saturated heterocycles. The highest BCUT2D eigenvalue weighted by molar-refractivity contribution is 7.90. The third-order valence-corrected chi connectivity index (χ3v) is 6.28. The number of hydrogen-bond acceptors (Lipinski definition) is 5. The van der Waals surface area contributed by atoms with Crippen LogP contribution in [0.4, 0.5) is 5.69 Å². The molecule has 0 spiro atoms. The zero-order valence-corrected chi connectivity index (χ0v) is 18.1. The lowest BCUT2D eigenvalue weighted by atomic mass is 10.3. The smallest absolute Gasteiger partial charge is 0.284 e. The maximum atomic E-state index is 12.7. The van der Waals surface area contributed by atoms with Gasteiger partial charge in [-0.2, -0.15) is 18.2 Å². The first-order chi connectivity index (χ1) is 15.3. The zero-order valence-electron chi connectivity index (χ0n) is 17.3. The van der Waals surface area contributed by atoms with E-state index in [-0.39, 0.29) is 21.8 Å². The Morgan fingerprint density at radius 3 is 2.56 bits per heavy atom. The lowest BCUT2D eigenvalue weighted by Crippen LogP contribution is -2.24. The molecule has 32 heavy (non-hydrogen) atoms. The van der Waals surface area contributed by atoms with Gasteiger partial charge in [-0.1, -0.05) is 24.3 Å². The summed E-state index contributed by atoms with van der Waals surface area (Å²) in [4.78, 5) is 26.7. The summed E-state index contributed by atoms with van der Waals surface area (Å²) in [6, 6.07) is 17.2. The Morgan fingerprint density at radius 1 is 1.06 bits per heavy atom. The molecule has 0 radical (unpaired) electrons. The van der Waals surface area contributed by atoms with Crippen LogP contribution in [0.1, 0.15) is 23.3 Å². The number of amides is 1. The molecule has 1 aliphatic heterocycles. The first-order valence-electron chi connectivity index (χ1n) is 9.96. The fourth-order valence-electron chi connectivity index (χ4n) is 3.32. The molecule has 10 heteroatoms. The molecular weight excluding hydrogens is 430 g/mol. The van der Waals surface area contributed by atoms with E-state index in [1.165, 1.54) is 30.3 Å². The third-order valence-electron chi connectivity index (χ3n) is 4.98. The Morgan fingerprint density at radius 2 is 1.84 bits per heavy atom. The predicted octanol–water partition coefficient (Wildman–Crippen LogP) is 2.30. The molecule has 1 N–H and O–H groups in total. The van der Waals surface area contributed by atoms with Crippen molar-refractivity contribution in [1.29, 1.82) is 0 Å². The number of nitrogens with zero attached hydrogens (tertiary/aromatic N) is 4. The third kappa shape index (κ3) is 4.59. The van der Waals surface area contributed by atoms with Crippen LogP contribution in [-0.4, -0.2) is 48.4 Å². The van der Waals surface area contributed by atoms with Gasteiger partial charge in [-0.25, -0.2) is 0 Å². The monoisotopic (exact) mass is 451 g/mol. The van der Waals surface area contributed by atoms with Crippen molar-refractivity contribution in [3.63, 3.8) is 0 Å². The van der Waals surface area contributed by atoms with Gasteiger partial charge in [0.1, 0.15) is 11.5 Å². The van der Waals surface area contributed by atoms with Gasteiger partial charge in [0.05, 0.1) is 10.6 Å². The van der Waals surface area contributed by atoms with Crippen LogP contribution in [0.3, 0.4) is 0 Å². The average Bonchev–Trinajstić information content (AvgIpc) is 3.18. The van der Waals surface area contributed by atoms with Crippen molar-refractivity contribution in [3.8, 4) is 5.69 Å². The summed E-state index contributed by atoms with van der Waals surface area (Å²) in [7, 11) is -2.11. The van der Waals surface area contributed by atoms with Gasteiger partial charge < -0.3 is 10.2 Å². The number of nitrogens with one attached hydrogen (secondary N) is 1. The summed E-state index contributed by atoms with van der Waals surface area (Å²) in [5, 5.41) is 6.76. The maximum absolute atomic E-state index is 12.7. The minimum absolute atomic E-state index is 0.00883. The average molecular weight is 452 g/mol. The van der Waals surface area contributed by atoms with Crippen LogP contribution in [0, 0.1) is 0 Å². The zero-order chi connectivity index (χ0) is 22.7. The van der Waals surface area contributed by atoms with E-state index in [2.05, 4.69) is 14.8 Å². The van der Waals surface area contributed by atoms with Gasteiger partial charge >= 0.3 is 0 Å². The molecule has 9 nitrogen and oxygen atoms in total. The van der Waals surface area contributed by atoms with E-state index in [0.717, 1.165) is 17.6 Å². The summed E-state index contributed by atoms with van der Waals surface area (Å²) in [5.74, 6) is -0.0575. The number of benzene rings is 2. The Balaban J connectivity index is 1.58. The van der Waals surface area contributed by atoms with Gasteiger partial charge in [0.15, 0.2) is 0 Å². The predicted molar refractivity (Wildman–Crippen MR) is 121 cm³/mol. The minimum atomic E-state index is -3.91. The molecular formula is C22H21N5O4S. The molecule has 2 aromatic carbocycles. The molecule has 0 atom stereocenters. The Bertz CT molecular complexity index is 1350. The lowest BCUT2D eigenvalue weighted by molar-refractivity contribution is 0.102. The van der Waals surface area contributed by atoms with Crippen molar-refractivity contribution in [2.24, 2.45) is 4.40 Å². The highest BCUT2D eigenvalue weighted by Gasteiger charge is 2.21. The molecule has 2 heterocycles. The lowest BCUT2D eigenvalue weighted by Gasteiger charge is -2.11. The van der Waals surface area contributed by atoms with Crippen LogP contribution in [0.2, 0.25) is 0 Å². The Hall–Kier alpha value is -3.79. The summed E-state index contributed by atoms with van der Waals surface area (Å²) >= 11 is 0. The van der Waals surface area contributed by atoms with Crippen molar-refractivity contribution in [2.75, 3.05) is 18.9 Å². The number of sulfonamides is 1. The normalized spacial score (nSPS) is 15.2. The Labute approximate surface area is 185 Å². The highest BCUT2D eigenvalue weighted by Crippen LogP contribution is 2.20. The highest BCUT2D eigenvalue weighted by atomic mass is 32.2. The molecule has 1 amide bonds. The standard InChI is InChI=1S/C22H21N5O4S/c1-26-14-6-11-20(26)25-32(30,31)18-10-5-7-16(15-18)23-22(29)19-12-13-21(28)27(24-19)17-8-3-2-4-9-17/h2-5,7-10,12-13,15H,6,11,14H2,1H3,(H,23,29)/b25-20+. The second-order valence-corrected chi connectivity index (χ2v) is 8.90. The van der Waals surface area contributed by atoms with Crippen LogP contribution >= 0.6 is 0 Å². The number of anilines is 1. The summed E-state index contributed by atoms with van der Waals surface area (Å²) in [5.41, 5.74) is 0.429. The van der Waals surface area contributed by atoms with Gasteiger partial charge in [0.2, 0.25) is 0 Å². The summed E-state index contributed by atoms with van der Waals surface area (Å²) in [6.07, 6.45) is 1.47. The van der Waals surface area contributed by atoms with Crippen LogP contribution in [0.5, 0.6) is 0 Å². The van der Waals surface area contributed by atoms with Gasteiger partial charge in [-0.3, -0.25) is 9.59 Å². The second kappa shape index (κ2) is 8.75. The molecule has 3 aromatic rings. The topological polar surface area (TPSA) is 114 Å². The molecule has 1 aliphatic rings. The Kier molecular flexibility index (Phi) is 5.87. The number of carbonyl (C=O) groups is 1. The van der Waals surface area contributed by atoms with Crippen LogP contribution in [0.15, 0.2) is 80.8 Å². The summed E-state index contributed by atoms with van der Waals surface area (Å²) in [6.45, 7) is 0.766. The molecule has 1 aromatic heterocycles. The molecule has 4 rings (SSSR count). The van der Waals surface area contributed by atoms with E-state index >= 15 is 0 Å². The van der Waals surface area contributed by atoms with E-state index in [1.807, 2.05) is 11.0 Å². The molecule has 0 bridgehead atoms. The minimum Gasteiger partial charge on any atom is -0.362 e. The fourth-order valence-corrected chi connectivity index (χ4v) is 4.46. The van der Waals surface area contributed by atoms with E-state index in [0.29, 0.717) is 17.9 Å². The number of hydrogen-bond donors (Lipinski definition) is 1. The number of carbonyl (C=O) groups excluding carboxylic acids is 1. The molecule has 1 fully saturated rings. The van der Waals surface area contributed by atoms with Gasteiger partial charge in [-0.15, -0.1) is 4.40 Å². The second-order valence-electron chi connectivity index (χ2n) is 7.29. The maximum Gasteiger partial charge on any atom is 0.284 e. The van der Waals surface area contributed by atoms with Gasteiger partial charge in [0, 0.05) is 31.8 Å². The van der Waals surface area contributed by atoms with E-state index < -0.39 is 15.9 Å². The number of para-hydroxylation sites is 1. The number of aromatic nitrogens is 2. The van der Waals surface area contributed by atoms with E-state index in [9.17, 15) is 18.0 Å². The molecule has 164 valence electrons. The van der Waals surface area contributed by atoms with Crippen molar-refractivity contribution < 1.29 is 13.2 Å². The van der Waals surface area contributed by atoms with Crippen LogP contribution in [0.25, 0.3) is 5.69 Å². The molecule has 0 aliphatic carbocycles. The SMILES string of the molecule is CN1CCC/C1=N\S(=O)(=O)c1cccc(NC(=O)c2ccc(=O)n(-c3ccccc3)n2)c1.